The second-order valence-corrected chi connectivity index (χ2v) is 6.97. The van der Waals surface area contributed by atoms with E-state index < -0.39 is 0 Å². The molecular weight excluding hydrogens is 276 g/mol. The molecule has 5 nitrogen and oxygen atoms in total. The molecule has 0 spiro atoms. The van der Waals surface area contributed by atoms with Crippen molar-refractivity contribution in [3.05, 3.63) is 18.1 Å². The minimum Gasteiger partial charge on any atom is -0.356 e. The van der Waals surface area contributed by atoms with Crippen LogP contribution in [-0.2, 0) is 4.79 Å². The summed E-state index contributed by atoms with van der Waals surface area (Å²) in [4.78, 5) is 23.3. The van der Waals surface area contributed by atoms with Crippen LogP contribution < -0.4 is 10.2 Å². The molecule has 1 amide bonds. The van der Waals surface area contributed by atoms with Crippen LogP contribution in [0.3, 0.4) is 0 Å². The molecule has 1 aromatic rings. The molecule has 0 bridgehead atoms. The molecule has 5 heteroatoms. The van der Waals surface area contributed by atoms with Gasteiger partial charge in [0, 0.05) is 42.7 Å². The van der Waals surface area contributed by atoms with Crippen LogP contribution in [0.1, 0.15) is 56.6 Å². The Bertz CT molecular complexity index is 545. The lowest BCUT2D eigenvalue weighted by Gasteiger charge is -2.33. The van der Waals surface area contributed by atoms with Crippen LogP contribution >= 0.6 is 0 Å². The molecule has 22 heavy (non-hydrogen) atoms. The van der Waals surface area contributed by atoms with Crippen molar-refractivity contribution in [3.63, 3.8) is 0 Å². The second-order valence-electron chi connectivity index (χ2n) is 6.97. The highest BCUT2D eigenvalue weighted by molar-refractivity contribution is 5.79. The summed E-state index contributed by atoms with van der Waals surface area (Å²) in [5, 5.41) is 3.13. The minimum atomic E-state index is 0.185. The topological polar surface area (TPSA) is 58.1 Å². The van der Waals surface area contributed by atoms with Gasteiger partial charge in [-0.2, -0.15) is 0 Å². The molecule has 3 aliphatic rings. The van der Waals surface area contributed by atoms with Gasteiger partial charge in [-0.3, -0.25) is 4.79 Å². The molecule has 1 saturated heterocycles. The third-order valence-corrected chi connectivity index (χ3v) is 5.31. The fraction of sp³-hybridized carbons (Fsp3) is 0.706. The molecule has 2 saturated carbocycles. The third-order valence-electron chi connectivity index (χ3n) is 5.31. The third kappa shape index (κ3) is 2.94. The van der Waals surface area contributed by atoms with Gasteiger partial charge < -0.3 is 10.2 Å². The number of amides is 1. The van der Waals surface area contributed by atoms with Crippen LogP contribution in [0.2, 0.25) is 0 Å². The molecule has 1 aromatic heterocycles. The van der Waals surface area contributed by atoms with Crippen molar-refractivity contribution in [2.75, 3.05) is 18.0 Å². The highest BCUT2D eigenvalue weighted by Gasteiger charge is 2.30. The standard InChI is InChI=1S/C17H24N4O/c22-17(20-14-4-5-14)13-6-8-21(9-7-13)16-10-15(18-11-19-16)12-2-1-3-12/h10-14H,1-9H2,(H,20,22). The monoisotopic (exact) mass is 300 g/mol. The Labute approximate surface area is 131 Å². The van der Waals surface area contributed by atoms with Crippen molar-refractivity contribution in [1.29, 1.82) is 0 Å². The molecular formula is C17H24N4O. The van der Waals surface area contributed by atoms with E-state index in [2.05, 4.69) is 26.3 Å². The van der Waals surface area contributed by atoms with E-state index in [1.165, 1.54) is 25.0 Å². The van der Waals surface area contributed by atoms with E-state index in [0.29, 0.717) is 12.0 Å². The molecule has 1 aliphatic heterocycles. The molecule has 118 valence electrons. The lowest BCUT2D eigenvalue weighted by Crippen LogP contribution is -2.41. The van der Waals surface area contributed by atoms with Crippen molar-refractivity contribution >= 4 is 11.7 Å². The first kappa shape index (κ1) is 14.0. The number of hydrogen-bond acceptors (Lipinski definition) is 4. The summed E-state index contributed by atoms with van der Waals surface area (Å²) in [6, 6.07) is 2.63. The zero-order chi connectivity index (χ0) is 14.9. The van der Waals surface area contributed by atoms with Gasteiger partial charge in [0.1, 0.15) is 12.1 Å². The van der Waals surface area contributed by atoms with Crippen LogP contribution in [0.5, 0.6) is 0 Å². The van der Waals surface area contributed by atoms with Gasteiger partial charge in [0.15, 0.2) is 0 Å². The molecule has 2 aliphatic carbocycles. The maximum Gasteiger partial charge on any atom is 0.223 e. The van der Waals surface area contributed by atoms with E-state index in [4.69, 9.17) is 0 Å². The van der Waals surface area contributed by atoms with E-state index in [0.717, 1.165) is 44.6 Å². The molecule has 0 radical (unpaired) electrons. The smallest absolute Gasteiger partial charge is 0.223 e. The summed E-state index contributed by atoms with van der Waals surface area (Å²) in [6.45, 7) is 1.84. The maximum absolute atomic E-state index is 12.1. The Morgan fingerprint density at radius 2 is 1.86 bits per heavy atom. The highest BCUT2D eigenvalue weighted by atomic mass is 16.2. The van der Waals surface area contributed by atoms with E-state index in [9.17, 15) is 4.79 Å². The number of carbonyl (C=O) groups excluding carboxylic acids is 1. The van der Waals surface area contributed by atoms with E-state index in [-0.39, 0.29) is 11.8 Å². The summed E-state index contributed by atoms with van der Waals surface area (Å²) in [6.07, 6.45) is 9.74. The van der Waals surface area contributed by atoms with Gasteiger partial charge in [-0.15, -0.1) is 0 Å². The second kappa shape index (κ2) is 5.86. The van der Waals surface area contributed by atoms with Crippen molar-refractivity contribution in [3.8, 4) is 0 Å². The number of rotatable bonds is 4. The van der Waals surface area contributed by atoms with E-state index in [1.807, 2.05) is 0 Å². The normalized spacial score (nSPS) is 23.2. The largest absolute Gasteiger partial charge is 0.356 e. The molecule has 0 aromatic carbocycles. The van der Waals surface area contributed by atoms with Crippen molar-refractivity contribution in [2.24, 2.45) is 5.92 Å². The first-order valence-electron chi connectivity index (χ1n) is 8.67. The number of carbonyl (C=O) groups is 1. The SMILES string of the molecule is O=C(NC1CC1)C1CCN(c2cc(C3CCC3)ncn2)CC1. The molecule has 4 rings (SSSR count). The summed E-state index contributed by atoms with van der Waals surface area (Å²) in [7, 11) is 0. The van der Waals surface area contributed by atoms with Gasteiger partial charge in [0.25, 0.3) is 0 Å². The Balaban J connectivity index is 1.35. The molecule has 0 unspecified atom stereocenters. The number of nitrogens with one attached hydrogen (secondary N) is 1. The number of aromatic nitrogens is 2. The summed E-state index contributed by atoms with van der Waals surface area (Å²) in [5.74, 6) is 2.13. The van der Waals surface area contributed by atoms with Crippen molar-refractivity contribution in [1.82, 2.24) is 15.3 Å². The lowest BCUT2D eigenvalue weighted by molar-refractivity contribution is -0.125. The summed E-state index contributed by atoms with van der Waals surface area (Å²) < 4.78 is 0. The zero-order valence-electron chi connectivity index (χ0n) is 13.0. The highest BCUT2D eigenvalue weighted by Crippen LogP contribution is 2.36. The Kier molecular flexibility index (Phi) is 3.72. The van der Waals surface area contributed by atoms with E-state index in [1.54, 1.807) is 6.33 Å². The van der Waals surface area contributed by atoms with E-state index >= 15 is 0 Å². The lowest BCUT2D eigenvalue weighted by atomic mass is 9.83. The van der Waals surface area contributed by atoms with Gasteiger partial charge in [-0.05, 0) is 38.5 Å². The Hall–Kier alpha value is -1.65. The number of hydrogen-bond donors (Lipinski definition) is 1. The fourth-order valence-corrected chi connectivity index (χ4v) is 3.38. The summed E-state index contributed by atoms with van der Waals surface area (Å²) >= 11 is 0. The maximum atomic E-state index is 12.1. The molecule has 3 fully saturated rings. The van der Waals surface area contributed by atoms with Gasteiger partial charge in [-0.1, -0.05) is 6.42 Å². The van der Waals surface area contributed by atoms with Gasteiger partial charge in [0.2, 0.25) is 5.91 Å². The van der Waals surface area contributed by atoms with Crippen LogP contribution in [0, 0.1) is 5.92 Å². The van der Waals surface area contributed by atoms with Crippen molar-refractivity contribution < 1.29 is 4.79 Å². The molecule has 0 atom stereocenters. The number of piperidine rings is 1. The van der Waals surface area contributed by atoms with Crippen LogP contribution in [-0.4, -0.2) is 35.0 Å². The predicted octanol–water partition coefficient (Wildman–Crippen LogP) is 2.24. The molecule has 1 N–H and O–H groups in total. The van der Waals surface area contributed by atoms with Gasteiger partial charge in [0.05, 0.1) is 0 Å². The zero-order valence-corrected chi connectivity index (χ0v) is 13.0. The Morgan fingerprint density at radius 1 is 1.09 bits per heavy atom. The number of anilines is 1. The number of nitrogens with zero attached hydrogens (tertiary/aromatic N) is 3. The first-order valence-corrected chi connectivity index (χ1v) is 8.67. The van der Waals surface area contributed by atoms with Crippen LogP contribution in [0.25, 0.3) is 0 Å². The first-order chi connectivity index (χ1) is 10.8. The van der Waals surface area contributed by atoms with Crippen LogP contribution in [0.4, 0.5) is 5.82 Å². The molecule has 2 heterocycles. The fourth-order valence-electron chi connectivity index (χ4n) is 3.38. The van der Waals surface area contributed by atoms with Crippen LogP contribution in [0.15, 0.2) is 12.4 Å². The van der Waals surface area contributed by atoms with Gasteiger partial charge >= 0.3 is 0 Å². The quantitative estimate of drug-likeness (QED) is 0.926. The van der Waals surface area contributed by atoms with Gasteiger partial charge in [-0.25, -0.2) is 9.97 Å². The average molecular weight is 300 g/mol. The Morgan fingerprint density at radius 3 is 2.50 bits per heavy atom. The predicted molar refractivity (Wildman–Crippen MR) is 84.7 cm³/mol. The summed E-state index contributed by atoms with van der Waals surface area (Å²) in [5.41, 5.74) is 1.20. The average Bonchev–Trinajstić information content (AvgIpc) is 3.30. The minimum absolute atomic E-state index is 0.185. The van der Waals surface area contributed by atoms with Crippen molar-refractivity contribution in [2.45, 2.75) is 56.9 Å².